The zero-order valence-corrected chi connectivity index (χ0v) is 24.4. The molecule has 0 N–H and O–H groups in total. The molecule has 1 aromatic rings. The summed E-state index contributed by atoms with van der Waals surface area (Å²) in [6, 6.07) is 0. The summed E-state index contributed by atoms with van der Waals surface area (Å²) in [4.78, 5) is 6.44. The second-order valence-electron chi connectivity index (χ2n) is 11.2. The Morgan fingerprint density at radius 1 is 0.765 bits per heavy atom. The molecule has 2 heteroatoms. The molecule has 0 aliphatic carbocycles. The topological polar surface area (TPSA) is 12.9 Å². The van der Waals surface area contributed by atoms with E-state index < -0.39 is 0 Å². The average Bonchev–Trinajstić information content (AvgIpc) is 3.24. The van der Waals surface area contributed by atoms with E-state index in [1.807, 2.05) is 17.4 Å². The van der Waals surface area contributed by atoms with E-state index in [2.05, 4.69) is 66.9 Å². The highest BCUT2D eigenvalue weighted by Crippen LogP contribution is 2.41. The predicted octanol–water partition coefficient (Wildman–Crippen LogP) is 11.6. The van der Waals surface area contributed by atoms with E-state index in [0.717, 1.165) is 5.69 Å². The van der Waals surface area contributed by atoms with Crippen LogP contribution in [0.1, 0.15) is 153 Å². The first-order chi connectivity index (χ1) is 16.3. The summed E-state index contributed by atoms with van der Waals surface area (Å²) in [6.07, 6.45) is 25.8. The molecule has 0 aliphatic heterocycles. The van der Waals surface area contributed by atoms with Crippen LogP contribution >= 0.6 is 11.3 Å². The molecule has 0 unspecified atom stereocenters. The summed E-state index contributed by atoms with van der Waals surface area (Å²) in [6.45, 7) is 22.4. The standard InChI is InChI=1S/C32H55NS/c1-9-14-17-20-23-31(6,7)27(12-4)26-29-28(13-5)33-30(34-29)32(8,24-21-18-15-10-2)25-22-19-16-11-3/h12-13,26H,4-5,9-11,14-25H2,1-3,6-8H3/b27-26+. The molecular weight excluding hydrogens is 430 g/mol. The molecule has 1 rings (SSSR count). The van der Waals surface area contributed by atoms with Crippen LogP contribution in [0.5, 0.6) is 0 Å². The predicted molar refractivity (Wildman–Crippen MR) is 158 cm³/mol. The minimum Gasteiger partial charge on any atom is -0.241 e. The Balaban J connectivity index is 3.18. The van der Waals surface area contributed by atoms with Gasteiger partial charge in [-0.05, 0) is 42.4 Å². The molecule has 1 heterocycles. The summed E-state index contributed by atoms with van der Waals surface area (Å²) in [5, 5.41) is 1.31. The quantitative estimate of drug-likeness (QED) is 0.132. The van der Waals surface area contributed by atoms with Crippen LogP contribution < -0.4 is 0 Å². The number of rotatable bonds is 20. The van der Waals surface area contributed by atoms with Crippen LogP contribution in [0.15, 0.2) is 24.8 Å². The lowest BCUT2D eigenvalue weighted by Gasteiger charge is -2.28. The number of unbranched alkanes of at least 4 members (excludes halogenated alkanes) is 9. The van der Waals surface area contributed by atoms with Gasteiger partial charge in [0.15, 0.2) is 0 Å². The number of aromatic nitrogens is 1. The average molecular weight is 486 g/mol. The molecule has 0 fully saturated rings. The summed E-state index contributed by atoms with van der Waals surface area (Å²) in [5.41, 5.74) is 2.67. The minimum atomic E-state index is 0.127. The molecule has 0 amide bonds. The number of nitrogens with zero attached hydrogens (tertiary/aromatic N) is 1. The molecule has 0 aromatic carbocycles. The van der Waals surface area contributed by atoms with Crippen molar-refractivity contribution in [1.29, 1.82) is 0 Å². The molecule has 0 saturated heterocycles. The van der Waals surface area contributed by atoms with Crippen molar-refractivity contribution in [3.63, 3.8) is 0 Å². The van der Waals surface area contributed by atoms with Gasteiger partial charge in [-0.1, -0.05) is 138 Å². The van der Waals surface area contributed by atoms with Crippen molar-refractivity contribution < 1.29 is 0 Å². The fourth-order valence-electron chi connectivity index (χ4n) is 4.88. The summed E-state index contributed by atoms with van der Waals surface area (Å²) in [5.74, 6) is 0. The van der Waals surface area contributed by atoms with Gasteiger partial charge in [0.25, 0.3) is 0 Å². The van der Waals surface area contributed by atoms with Gasteiger partial charge in [-0.15, -0.1) is 11.3 Å². The lowest BCUT2D eigenvalue weighted by atomic mass is 9.79. The van der Waals surface area contributed by atoms with E-state index >= 15 is 0 Å². The number of allylic oxidation sites excluding steroid dienone is 2. The van der Waals surface area contributed by atoms with E-state index in [1.165, 1.54) is 112 Å². The maximum absolute atomic E-state index is 5.18. The van der Waals surface area contributed by atoms with Crippen molar-refractivity contribution in [2.24, 2.45) is 5.41 Å². The Kier molecular flexibility index (Phi) is 15.0. The number of thiazole rings is 1. The maximum Gasteiger partial charge on any atom is 0.0997 e. The largest absolute Gasteiger partial charge is 0.241 e. The fraction of sp³-hybridized carbons (Fsp3) is 0.719. The first kappa shape index (κ1) is 30.9. The van der Waals surface area contributed by atoms with Crippen LogP contribution in [-0.2, 0) is 5.41 Å². The molecule has 0 saturated carbocycles. The third-order valence-corrected chi connectivity index (χ3v) is 8.82. The molecule has 1 nitrogen and oxygen atoms in total. The minimum absolute atomic E-state index is 0.127. The zero-order chi connectivity index (χ0) is 25.5. The van der Waals surface area contributed by atoms with E-state index in [4.69, 9.17) is 4.98 Å². The van der Waals surface area contributed by atoms with Crippen molar-refractivity contribution in [1.82, 2.24) is 4.98 Å². The third kappa shape index (κ3) is 10.2. The molecule has 0 radical (unpaired) electrons. The molecule has 0 bridgehead atoms. The summed E-state index contributed by atoms with van der Waals surface area (Å²) >= 11 is 1.90. The van der Waals surface area contributed by atoms with Crippen LogP contribution in [0.25, 0.3) is 12.2 Å². The molecule has 0 aliphatic rings. The maximum atomic E-state index is 5.18. The highest BCUT2D eigenvalue weighted by Gasteiger charge is 2.30. The van der Waals surface area contributed by atoms with Crippen LogP contribution in [0.2, 0.25) is 0 Å². The monoisotopic (exact) mass is 485 g/mol. The summed E-state index contributed by atoms with van der Waals surface area (Å²) in [7, 11) is 0. The first-order valence-corrected chi connectivity index (χ1v) is 15.1. The first-order valence-electron chi connectivity index (χ1n) is 14.3. The van der Waals surface area contributed by atoms with E-state index in [0.29, 0.717) is 0 Å². The fourth-order valence-corrected chi connectivity index (χ4v) is 6.11. The Hall–Kier alpha value is -1.15. The van der Waals surface area contributed by atoms with Gasteiger partial charge in [-0.3, -0.25) is 0 Å². The lowest BCUT2D eigenvalue weighted by molar-refractivity contribution is 0.363. The normalized spacial score (nSPS) is 12.8. The molecule has 0 spiro atoms. The van der Waals surface area contributed by atoms with Gasteiger partial charge in [0.1, 0.15) is 0 Å². The van der Waals surface area contributed by atoms with Crippen molar-refractivity contribution in [2.75, 3.05) is 0 Å². The van der Waals surface area contributed by atoms with Gasteiger partial charge in [-0.2, -0.15) is 0 Å². The van der Waals surface area contributed by atoms with Gasteiger partial charge < -0.3 is 0 Å². The van der Waals surface area contributed by atoms with Gasteiger partial charge in [0, 0.05) is 5.41 Å². The Bertz CT molecular complexity index is 724. The van der Waals surface area contributed by atoms with E-state index in [1.54, 1.807) is 0 Å². The third-order valence-electron chi connectivity index (χ3n) is 7.50. The van der Waals surface area contributed by atoms with E-state index in [-0.39, 0.29) is 10.8 Å². The second kappa shape index (κ2) is 16.5. The van der Waals surface area contributed by atoms with Crippen LogP contribution in [0, 0.1) is 5.41 Å². The highest BCUT2D eigenvalue weighted by molar-refractivity contribution is 7.13. The molecule has 0 atom stereocenters. The van der Waals surface area contributed by atoms with Crippen LogP contribution in [0.4, 0.5) is 0 Å². The van der Waals surface area contributed by atoms with Crippen molar-refractivity contribution in [2.45, 2.75) is 143 Å². The van der Waals surface area contributed by atoms with Gasteiger partial charge in [0.2, 0.25) is 0 Å². The van der Waals surface area contributed by atoms with E-state index in [9.17, 15) is 0 Å². The van der Waals surface area contributed by atoms with Gasteiger partial charge in [-0.25, -0.2) is 4.98 Å². The molecule has 1 aromatic heterocycles. The van der Waals surface area contributed by atoms with Crippen LogP contribution in [-0.4, -0.2) is 4.98 Å². The van der Waals surface area contributed by atoms with Crippen molar-refractivity contribution in [3.8, 4) is 0 Å². The Morgan fingerprint density at radius 2 is 1.26 bits per heavy atom. The number of hydrogen-bond acceptors (Lipinski definition) is 2. The smallest absolute Gasteiger partial charge is 0.0997 e. The molecular formula is C32H55NS. The zero-order valence-electron chi connectivity index (χ0n) is 23.6. The number of hydrogen-bond donors (Lipinski definition) is 0. The van der Waals surface area contributed by atoms with Crippen LogP contribution in [0.3, 0.4) is 0 Å². The Morgan fingerprint density at radius 3 is 1.71 bits per heavy atom. The molecule has 194 valence electrons. The lowest BCUT2D eigenvalue weighted by Crippen LogP contribution is -2.22. The SMILES string of the molecule is C=C/C(=C\c1sc(C(C)(CCCCCC)CCCCCC)nc1C=C)C(C)(C)CCCCCC. The summed E-state index contributed by atoms with van der Waals surface area (Å²) < 4.78 is 0. The van der Waals surface area contributed by atoms with Crippen molar-refractivity contribution >= 4 is 23.5 Å². The highest BCUT2D eigenvalue weighted by atomic mass is 32.1. The molecule has 34 heavy (non-hydrogen) atoms. The second-order valence-corrected chi connectivity index (χ2v) is 12.2. The van der Waals surface area contributed by atoms with Crippen molar-refractivity contribution in [3.05, 3.63) is 40.4 Å². The Labute approximate surface area is 217 Å². The van der Waals surface area contributed by atoms with Gasteiger partial charge in [0.05, 0.1) is 15.6 Å². The van der Waals surface area contributed by atoms with Gasteiger partial charge >= 0.3 is 0 Å².